The molecule has 0 aliphatic rings. The van der Waals surface area contributed by atoms with E-state index in [1.807, 2.05) is 36.5 Å². The maximum atomic E-state index is 5.28. The van der Waals surface area contributed by atoms with E-state index in [1.165, 1.54) is 32.3 Å². The highest BCUT2D eigenvalue weighted by Gasteiger charge is 2.19. The van der Waals surface area contributed by atoms with Gasteiger partial charge in [0.2, 0.25) is 5.95 Å². The number of hydrogen-bond acceptors (Lipinski definition) is 4. The Labute approximate surface area is 246 Å². The predicted molar refractivity (Wildman–Crippen MR) is 175 cm³/mol. The van der Waals surface area contributed by atoms with Crippen molar-refractivity contribution in [3.63, 3.8) is 0 Å². The van der Waals surface area contributed by atoms with Crippen LogP contribution in [0.5, 0.6) is 0 Å². The number of aromatic nitrogens is 5. The van der Waals surface area contributed by atoms with Gasteiger partial charge in [0, 0.05) is 45.9 Å². The molecule has 0 bridgehead atoms. The second kappa shape index (κ2) is 9.29. The zero-order valence-corrected chi connectivity index (χ0v) is 23.0. The van der Waals surface area contributed by atoms with Gasteiger partial charge in [0.25, 0.3) is 0 Å². The summed E-state index contributed by atoms with van der Waals surface area (Å²) in [6.45, 7) is 0. The summed E-state index contributed by atoms with van der Waals surface area (Å²) in [5.74, 6) is 0.637. The molecule has 0 spiro atoms. The summed E-state index contributed by atoms with van der Waals surface area (Å²) in [6.07, 6.45) is 5.47. The quantitative estimate of drug-likeness (QED) is 0.220. The van der Waals surface area contributed by atoms with E-state index >= 15 is 0 Å². The molecule has 0 radical (unpaired) electrons. The van der Waals surface area contributed by atoms with Gasteiger partial charge < -0.3 is 0 Å². The fourth-order valence-electron chi connectivity index (χ4n) is 6.22. The topological polar surface area (TPSA) is 56.5 Å². The molecule has 0 aliphatic heterocycles. The molecule has 0 saturated heterocycles. The van der Waals surface area contributed by atoms with E-state index < -0.39 is 0 Å². The molecule has 0 saturated carbocycles. The van der Waals surface area contributed by atoms with Crippen LogP contribution < -0.4 is 0 Å². The van der Waals surface area contributed by atoms with Gasteiger partial charge in [0.05, 0.1) is 27.9 Å². The summed E-state index contributed by atoms with van der Waals surface area (Å²) in [6, 6.07) is 42.4. The maximum absolute atomic E-state index is 5.28. The molecule has 200 valence electrons. The van der Waals surface area contributed by atoms with E-state index in [-0.39, 0.29) is 0 Å². The SMILES string of the molecule is c1ccc2cc3c(cc2c1)c1cc2ccccc2cc1n3-c1nc(-c2ccc(-c3ccncc3)nc2)c2ccccc2n1. The van der Waals surface area contributed by atoms with Gasteiger partial charge in [-0.2, -0.15) is 0 Å². The lowest BCUT2D eigenvalue weighted by Crippen LogP contribution is -2.03. The van der Waals surface area contributed by atoms with Gasteiger partial charge in [-0.15, -0.1) is 0 Å². The molecule has 0 atom stereocenters. The molecule has 5 nitrogen and oxygen atoms in total. The maximum Gasteiger partial charge on any atom is 0.235 e. The average molecular weight is 550 g/mol. The van der Waals surface area contributed by atoms with Crippen molar-refractivity contribution in [2.45, 2.75) is 0 Å². The summed E-state index contributed by atoms with van der Waals surface area (Å²) < 4.78 is 2.22. The second-order valence-electron chi connectivity index (χ2n) is 10.8. The van der Waals surface area contributed by atoms with Gasteiger partial charge in [0.1, 0.15) is 0 Å². The molecular weight excluding hydrogens is 526 g/mol. The summed E-state index contributed by atoms with van der Waals surface area (Å²) >= 11 is 0. The minimum absolute atomic E-state index is 0.637. The highest BCUT2D eigenvalue weighted by atomic mass is 15.2. The van der Waals surface area contributed by atoms with Crippen LogP contribution >= 0.6 is 0 Å². The monoisotopic (exact) mass is 549 g/mol. The zero-order chi connectivity index (χ0) is 28.3. The van der Waals surface area contributed by atoms with Crippen LogP contribution in [0.3, 0.4) is 0 Å². The Morgan fingerprint density at radius 2 is 1.09 bits per heavy atom. The normalized spacial score (nSPS) is 11.7. The van der Waals surface area contributed by atoms with Crippen molar-refractivity contribution < 1.29 is 0 Å². The van der Waals surface area contributed by atoms with Crippen LogP contribution in [0.4, 0.5) is 0 Å². The number of fused-ring (bicyclic) bond motifs is 6. The number of benzene rings is 5. The van der Waals surface area contributed by atoms with Crippen molar-refractivity contribution in [3.05, 3.63) is 140 Å². The van der Waals surface area contributed by atoms with Crippen molar-refractivity contribution in [1.29, 1.82) is 0 Å². The van der Waals surface area contributed by atoms with E-state index in [9.17, 15) is 0 Å². The van der Waals surface area contributed by atoms with Crippen LogP contribution in [0, 0.1) is 0 Å². The molecule has 9 rings (SSSR count). The Morgan fingerprint density at radius 3 is 1.72 bits per heavy atom. The van der Waals surface area contributed by atoms with E-state index in [0.29, 0.717) is 5.95 Å². The van der Waals surface area contributed by atoms with Crippen LogP contribution in [0.25, 0.3) is 82.7 Å². The van der Waals surface area contributed by atoms with E-state index in [1.54, 1.807) is 12.4 Å². The standard InChI is InChI=1S/C38H23N5/c1-3-9-27-21-35-31(19-25(27)7-1)32-20-26-8-2-4-10-28(26)22-36(32)43(35)38-41-34-12-6-5-11-30(34)37(42-38)29-13-14-33(40-23-29)24-15-17-39-18-16-24/h1-23H. The highest BCUT2D eigenvalue weighted by Crippen LogP contribution is 2.37. The van der Waals surface area contributed by atoms with Crippen molar-refractivity contribution in [2.75, 3.05) is 0 Å². The lowest BCUT2D eigenvalue weighted by molar-refractivity contribution is 1.01. The highest BCUT2D eigenvalue weighted by molar-refractivity contribution is 6.16. The van der Waals surface area contributed by atoms with Crippen LogP contribution in [0.2, 0.25) is 0 Å². The van der Waals surface area contributed by atoms with Crippen LogP contribution in [-0.2, 0) is 0 Å². The Hall–Kier alpha value is -5.94. The van der Waals surface area contributed by atoms with Crippen LogP contribution in [-0.4, -0.2) is 24.5 Å². The summed E-state index contributed by atoms with van der Waals surface area (Å²) in [4.78, 5) is 19.4. The number of rotatable bonds is 3. The second-order valence-corrected chi connectivity index (χ2v) is 10.8. The molecule has 4 heterocycles. The first kappa shape index (κ1) is 23.7. The van der Waals surface area contributed by atoms with Gasteiger partial charge in [-0.1, -0.05) is 66.7 Å². The molecule has 43 heavy (non-hydrogen) atoms. The van der Waals surface area contributed by atoms with Gasteiger partial charge >= 0.3 is 0 Å². The zero-order valence-electron chi connectivity index (χ0n) is 23.0. The molecule has 0 unspecified atom stereocenters. The lowest BCUT2D eigenvalue weighted by atomic mass is 10.0. The number of para-hydroxylation sites is 1. The molecule has 5 aromatic carbocycles. The fraction of sp³-hybridized carbons (Fsp3) is 0. The van der Waals surface area contributed by atoms with Gasteiger partial charge in [-0.05, 0) is 76.1 Å². The van der Waals surface area contributed by atoms with Crippen LogP contribution in [0.1, 0.15) is 0 Å². The van der Waals surface area contributed by atoms with Crippen molar-refractivity contribution in [3.8, 4) is 28.5 Å². The summed E-state index contributed by atoms with van der Waals surface area (Å²) in [5, 5.41) is 8.13. The molecule has 5 heteroatoms. The minimum Gasteiger partial charge on any atom is -0.278 e. The third-order valence-electron chi connectivity index (χ3n) is 8.30. The van der Waals surface area contributed by atoms with Crippen molar-refractivity contribution >= 4 is 54.3 Å². The number of pyridine rings is 2. The third kappa shape index (κ3) is 3.79. The van der Waals surface area contributed by atoms with Crippen molar-refractivity contribution in [2.24, 2.45) is 0 Å². The van der Waals surface area contributed by atoms with E-state index in [0.717, 1.165) is 44.5 Å². The average Bonchev–Trinajstić information content (AvgIpc) is 3.38. The number of nitrogens with zero attached hydrogens (tertiary/aromatic N) is 5. The molecule has 0 N–H and O–H groups in total. The molecule has 4 aromatic heterocycles. The first-order valence-corrected chi connectivity index (χ1v) is 14.3. The van der Waals surface area contributed by atoms with E-state index in [4.69, 9.17) is 15.0 Å². The Balaban J connectivity index is 1.34. The Kier molecular flexibility index (Phi) is 5.13. The summed E-state index contributed by atoms with van der Waals surface area (Å²) in [7, 11) is 0. The molecule has 0 amide bonds. The molecule has 0 aliphatic carbocycles. The summed E-state index contributed by atoms with van der Waals surface area (Å²) in [5.41, 5.74) is 6.76. The fourth-order valence-corrected chi connectivity index (χ4v) is 6.22. The molecular formula is C38H23N5. The number of hydrogen-bond donors (Lipinski definition) is 0. The van der Waals surface area contributed by atoms with Crippen molar-refractivity contribution in [1.82, 2.24) is 24.5 Å². The minimum atomic E-state index is 0.637. The molecule has 0 fully saturated rings. The smallest absolute Gasteiger partial charge is 0.235 e. The Bertz CT molecular complexity index is 2400. The Morgan fingerprint density at radius 1 is 0.488 bits per heavy atom. The first-order chi connectivity index (χ1) is 21.3. The molecule has 9 aromatic rings. The van der Waals surface area contributed by atoms with E-state index in [2.05, 4.69) is 101 Å². The largest absolute Gasteiger partial charge is 0.278 e. The first-order valence-electron chi connectivity index (χ1n) is 14.3. The van der Waals surface area contributed by atoms with Gasteiger partial charge in [-0.3, -0.25) is 14.5 Å². The van der Waals surface area contributed by atoms with Gasteiger partial charge in [-0.25, -0.2) is 9.97 Å². The lowest BCUT2D eigenvalue weighted by Gasteiger charge is -2.12. The van der Waals surface area contributed by atoms with Gasteiger partial charge in [0.15, 0.2) is 0 Å². The predicted octanol–water partition coefficient (Wildman–Crippen LogP) is 9.16. The third-order valence-corrected chi connectivity index (χ3v) is 8.30. The van der Waals surface area contributed by atoms with Crippen LogP contribution in [0.15, 0.2) is 140 Å².